The first-order chi connectivity index (χ1) is 15.9. The normalized spacial score (nSPS) is 23.6. The zero-order chi connectivity index (χ0) is 23.4. The number of piperidine rings is 1. The number of aryl methyl sites for hydroxylation is 1. The van der Waals surface area contributed by atoms with Crippen LogP contribution in [0.1, 0.15) is 82.3 Å². The highest BCUT2D eigenvalue weighted by atomic mass is 35.5. The molecule has 1 aliphatic carbocycles. The van der Waals surface area contributed by atoms with Crippen molar-refractivity contribution in [3.63, 3.8) is 0 Å². The molecule has 0 unspecified atom stereocenters. The molecule has 190 valence electrons. The van der Waals surface area contributed by atoms with Crippen LogP contribution < -0.4 is 5.32 Å². The summed E-state index contributed by atoms with van der Waals surface area (Å²) in [4.78, 5) is 31.4. The number of para-hydroxylation sites is 1. The van der Waals surface area contributed by atoms with E-state index in [2.05, 4.69) is 17.1 Å². The van der Waals surface area contributed by atoms with Gasteiger partial charge in [-0.1, -0.05) is 63.6 Å². The number of amides is 2. The van der Waals surface area contributed by atoms with Gasteiger partial charge in [0.1, 0.15) is 17.3 Å². The van der Waals surface area contributed by atoms with Crippen molar-refractivity contribution in [2.45, 2.75) is 96.2 Å². The molecular formula is C27H42ClN3O3. The van der Waals surface area contributed by atoms with Gasteiger partial charge in [-0.25, -0.2) is 0 Å². The fourth-order valence-corrected chi connectivity index (χ4v) is 6.10. The van der Waals surface area contributed by atoms with Crippen LogP contribution >= 0.6 is 12.4 Å². The number of benzene rings is 1. The molecule has 4 rings (SSSR count). The van der Waals surface area contributed by atoms with Crippen LogP contribution in [0.15, 0.2) is 18.2 Å². The lowest BCUT2D eigenvalue weighted by Gasteiger charge is -2.52. The number of nitrogens with zero attached hydrogens (tertiary/aromatic N) is 2. The largest absolute Gasteiger partial charge is 0.507 e. The molecule has 2 amide bonds. The van der Waals surface area contributed by atoms with Crippen molar-refractivity contribution < 1.29 is 14.7 Å². The summed E-state index contributed by atoms with van der Waals surface area (Å²) >= 11 is 0. The van der Waals surface area contributed by atoms with Gasteiger partial charge in [-0.05, 0) is 44.1 Å². The van der Waals surface area contributed by atoms with Gasteiger partial charge in [0.2, 0.25) is 11.8 Å². The average Bonchev–Trinajstić information content (AvgIpc) is 2.82. The Morgan fingerprint density at radius 3 is 2.50 bits per heavy atom. The monoisotopic (exact) mass is 491 g/mol. The Kier molecular flexibility index (Phi) is 9.27. The number of hydrogen-bond acceptors (Lipinski definition) is 4. The minimum Gasteiger partial charge on any atom is -0.507 e. The predicted molar refractivity (Wildman–Crippen MR) is 137 cm³/mol. The first kappa shape index (κ1) is 26.8. The van der Waals surface area contributed by atoms with Crippen molar-refractivity contribution in [2.75, 3.05) is 19.6 Å². The van der Waals surface area contributed by atoms with Gasteiger partial charge in [0.25, 0.3) is 0 Å². The van der Waals surface area contributed by atoms with Crippen LogP contribution in [0.25, 0.3) is 0 Å². The van der Waals surface area contributed by atoms with Crippen molar-refractivity contribution in [2.24, 2.45) is 5.92 Å². The minimum absolute atomic E-state index is 0. The van der Waals surface area contributed by atoms with Crippen molar-refractivity contribution in [3.8, 4) is 5.75 Å². The van der Waals surface area contributed by atoms with E-state index in [1.54, 1.807) is 0 Å². The molecule has 2 saturated heterocycles. The molecule has 2 heterocycles. The number of unbranched alkanes of at least 4 members (excludes halogenated alkanes) is 1. The molecule has 1 spiro atoms. The Morgan fingerprint density at radius 2 is 1.82 bits per heavy atom. The Morgan fingerprint density at radius 1 is 1.12 bits per heavy atom. The van der Waals surface area contributed by atoms with Crippen molar-refractivity contribution >= 4 is 24.2 Å². The highest BCUT2D eigenvalue weighted by Gasteiger charge is 2.53. The van der Waals surface area contributed by atoms with Gasteiger partial charge in [-0.2, -0.15) is 0 Å². The van der Waals surface area contributed by atoms with E-state index in [1.807, 2.05) is 30.0 Å². The van der Waals surface area contributed by atoms with Gasteiger partial charge in [0.05, 0.1) is 0 Å². The van der Waals surface area contributed by atoms with Gasteiger partial charge < -0.3 is 15.3 Å². The Labute approximate surface area is 210 Å². The van der Waals surface area contributed by atoms with E-state index in [4.69, 9.17) is 0 Å². The third-order valence-corrected chi connectivity index (χ3v) is 8.24. The second-order valence-electron chi connectivity index (χ2n) is 10.5. The molecule has 1 atom stereocenters. The smallest absolute Gasteiger partial charge is 0.246 e. The van der Waals surface area contributed by atoms with Crippen molar-refractivity contribution in [3.05, 3.63) is 29.3 Å². The van der Waals surface area contributed by atoms with Crippen LogP contribution in [0.2, 0.25) is 0 Å². The number of rotatable bonds is 7. The summed E-state index contributed by atoms with van der Waals surface area (Å²) in [6.45, 7) is 6.87. The molecular weight excluding hydrogens is 450 g/mol. The number of phenolic OH excluding ortho intramolecular Hbond substituents is 1. The fourth-order valence-electron chi connectivity index (χ4n) is 6.10. The molecule has 0 bridgehead atoms. The maximum atomic E-state index is 13.6. The summed E-state index contributed by atoms with van der Waals surface area (Å²) in [5.41, 5.74) is 1.08. The molecule has 0 aromatic heterocycles. The number of hydrogen-bond donors (Lipinski definition) is 2. The summed E-state index contributed by atoms with van der Waals surface area (Å²) in [5, 5.41) is 13.6. The van der Waals surface area contributed by atoms with Crippen LogP contribution in [0, 0.1) is 12.8 Å². The molecule has 3 aliphatic rings. The molecule has 2 N–H and O–H groups in total. The van der Waals surface area contributed by atoms with Gasteiger partial charge in [0, 0.05) is 31.7 Å². The summed E-state index contributed by atoms with van der Waals surface area (Å²) in [6, 6.07) is 5.50. The molecule has 6 nitrogen and oxygen atoms in total. The lowest BCUT2D eigenvalue weighted by Crippen LogP contribution is -2.73. The standard InChI is InChI=1S/C27H41N3O3.ClH/c1-3-4-15-30-25(32)23(18-21-10-6-5-7-11-21)28-26(33)27(30)13-16-29(17-14-27)19-22-12-8-9-20(2)24(22)31;/h8-9,12,21,23,31H,3-7,10-11,13-19H2,1-2H3,(H,28,33);1H/t23-;/m0./s1. The summed E-state index contributed by atoms with van der Waals surface area (Å²) in [5.74, 6) is 1.10. The van der Waals surface area contributed by atoms with E-state index < -0.39 is 5.54 Å². The van der Waals surface area contributed by atoms with Crippen LogP contribution in [0.4, 0.5) is 0 Å². The number of halogens is 1. The maximum Gasteiger partial charge on any atom is 0.246 e. The lowest BCUT2D eigenvalue weighted by atomic mass is 9.79. The number of likely N-dealkylation sites (tertiary alicyclic amines) is 1. The van der Waals surface area contributed by atoms with Gasteiger partial charge >= 0.3 is 0 Å². The van der Waals surface area contributed by atoms with Crippen molar-refractivity contribution in [1.82, 2.24) is 15.1 Å². The van der Waals surface area contributed by atoms with Crippen molar-refractivity contribution in [1.29, 1.82) is 0 Å². The molecule has 0 radical (unpaired) electrons. The molecule has 34 heavy (non-hydrogen) atoms. The predicted octanol–water partition coefficient (Wildman–Crippen LogP) is 4.55. The lowest BCUT2D eigenvalue weighted by molar-refractivity contribution is -0.162. The van der Waals surface area contributed by atoms with Gasteiger partial charge in [0.15, 0.2) is 0 Å². The first-order valence-electron chi connectivity index (χ1n) is 13.1. The van der Waals surface area contributed by atoms with E-state index >= 15 is 0 Å². The number of nitrogens with one attached hydrogen (secondary N) is 1. The van der Waals surface area contributed by atoms with E-state index in [1.165, 1.54) is 32.1 Å². The quantitative estimate of drug-likeness (QED) is 0.586. The Bertz CT molecular complexity index is 848. The molecule has 1 saturated carbocycles. The molecule has 1 aromatic carbocycles. The fraction of sp³-hybridized carbons (Fsp3) is 0.704. The number of carbonyl (C=O) groups is 2. The molecule has 1 aromatic rings. The minimum atomic E-state index is -0.722. The first-order valence-corrected chi connectivity index (χ1v) is 13.1. The third kappa shape index (κ3) is 5.54. The zero-order valence-electron chi connectivity index (χ0n) is 20.9. The second kappa shape index (κ2) is 11.8. The highest BCUT2D eigenvalue weighted by Crippen LogP contribution is 2.36. The molecule has 2 aliphatic heterocycles. The van der Waals surface area contributed by atoms with Crippen LogP contribution in [0.5, 0.6) is 5.75 Å². The summed E-state index contributed by atoms with van der Waals surface area (Å²) in [6.07, 6.45) is 10.2. The molecule has 7 heteroatoms. The van der Waals surface area contributed by atoms with E-state index in [-0.39, 0.29) is 30.3 Å². The maximum absolute atomic E-state index is 13.6. The number of aromatic hydroxyl groups is 1. The van der Waals surface area contributed by atoms with Gasteiger partial charge in [-0.3, -0.25) is 14.5 Å². The van der Waals surface area contributed by atoms with Crippen LogP contribution in [-0.2, 0) is 16.1 Å². The SMILES string of the molecule is CCCCN1C(=O)[C@H](CC2CCCCC2)NC(=O)C12CCN(Cc1cccc(C)c1O)CC2.Cl. The number of phenols is 1. The van der Waals surface area contributed by atoms with Gasteiger partial charge in [-0.15, -0.1) is 12.4 Å². The van der Waals surface area contributed by atoms with E-state index in [0.717, 1.165) is 43.5 Å². The summed E-state index contributed by atoms with van der Waals surface area (Å²) in [7, 11) is 0. The Balaban J connectivity index is 0.00000324. The Hall–Kier alpha value is -1.79. The molecule has 3 fully saturated rings. The zero-order valence-corrected chi connectivity index (χ0v) is 21.7. The number of carbonyl (C=O) groups excluding carboxylic acids is 2. The van der Waals surface area contributed by atoms with E-state index in [9.17, 15) is 14.7 Å². The summed E-state index contributed by atoms with van der Waals surface area (Å²) < 4.78 is 0. The van der Waals surface area contributed by atoms with E-state index in [0.29, 0.717) is 37.6 Å². The third-order valence-electron chi connectivity index (χ3n) is 8.24. The average molecular weight is 492 g/mol. The van der Waals surface area contributed by atoms with Crippen LogP contribution in [-0.4, -0.2) is 57.9 Å². The number of piperazine rings is 1. The van der Waals surface area contributed by atoms with Crippen LogP contribution in [0.3, 0.4) is 0 Å². The highest BCUT2D eigenvalue weighted by molar-refractivity contribution is 6.00. The second-order valence-corrected chi connectivity index (χ2v) is 10.5. The topological polar surface area (TPSA) is 72.9 Å².